The highest BCUT2D eigenvalue weighted by Crippen LogP contribution is 2.43. The Morgan fingerprint density at radius 3 is 1.62 bits per heavy atom. The van der Waals surface area contributed by atoms with Gasteiger partial charge in [0.2, 0.25) is 0 Å². The molecule has 0 radical (unpaired) electrons. The number of hydrogen-bond acceptors (Lipinski definition) is 6. The van der Waals surface area contributed by atoms with Gasteiger partial charge in [-0.3, -0.25) is 13.8 Å². The Kier molecular flexibility index (Phi) is 35.0. The molecule has 53 heavy (non-hydrogen) atoms. The van der Waals surface area contributed by atoms with E-state index in [2.05, 4.69) is 98.9 Å². The van der Waals surface area contributed by atoms with Crippen LogP contribution in [-0.4, -0.2) is 75.6 Å². The minimum Gasteiger partial charge on any atom is -0.457 e. The highest BCUT2D eigenvalue weighted by atomic mass is 31.2. The zero-order valence-electron chi connectivity index (χ0n) is 34.2. The number of nitrogens with zero attached hydrogens (tertiary/aromatic N) is 1. The molecule has 0 fully saturated rings. The fraction of sp³-hybridized carbons (Fsp3) is 0.659. The van der Waals surface area contributed by atoms with Crippen molar-refractivity contribution in [3.8, 4) is 0 Å². The minimum atomic E-state index is -4.28. The average Bonchev–Trinajstić information content (AvgIpc) is 3.11. The lowest BCUT2D eigenvalue weighted by molar-refractivity contribution is -0.870. The summed E-state index contributed by atoms with van der Waals surface area (Å²) in [5, 5.41) is 0. The number of carbonyl (C=O) groups excluding carboxylic acids is 1. The van der Waals surface area contributed by atoms with E-state index in [1.165, 1.54) is 25.7 Å². The topological polar surface area (TPSA) is 91.3 Å². The summed E-state index contributed by atoms with van der Waals surface area (Å²) in [5.74, 6) is -0.353. The van der Waals surface area contributed by atoms with Crippen molar-refractivity contribution < 1.29 is 37.3 Å². The summed E-state index contributed by atoms with van der Waals surface area (Å²) in [6.45, 7) is 5.37. The number of esters is 1. The van der Waals surface area contributed by atoms with E-state index in [4.69, 9.17) is 18.5 Å². The monoisotopic (exact) mass is 763 g/mol. The third-order valence-electron chi connectivity index (χ3n) is 7.97. The van der Waals surface area contributed by atoms with Gasteiger partial charge >= 0.3 is 13.8 Å². The minimum absolute atomic E-state index is 0.0773. The molecule has 8 nitrogen and oxygen atoms in total. The van der Waals surface area contributed by atoms with Gasteiger partial charge in [-0.25, -0.2) is 4.57 Å². The Bertz CT molecular complexity index is 1120. The molecular formula is C44H77NO7P+. The Morgan fingerprint density at radius 1 is 0.604 bits per heavy atom. The van der Waals surface area contributed by atoms with E-state index in [-0.39, 0.29) is 32.2 Å². The third kappa shape index (κ3) is 40.7. The lowest BCUT2D eigenvalue weighted by atomic mass is 10.1. The summed E-state index contributed by atoms with van der Waals surface area (Å²) in [7, 11) is 1.63. The Labute approximate surface area is 325 Å². The Morgan fingerprint density at radius 2 is 1.09 bits per heavy atom. The van der Waals surface area contributed by atoms with Gasteiger partial charge in [-0.05, 0) is 70.6 Å². The molecule has 304 valence electrons. The van der Waals surface area contributed by atoms with E-state index in [1.54, 1.807) is 0 Å². The maximum Gasteiger partial charge on any atom is 0.472 e. The molecule has 0 aliphatic rings. The fourth-order valence-electron chi connectivity index (χ4n) is 4.82. The van der Waals surface area contributed by atoms with E-state index >= 15 is 0 Å². The number of phosphoric ester groups is 1. The number of likely N-dealkylation sites (N-methyl/N-ethyl adjacent to an activating group) is 1. The first-order chi connectivity index (χ1) is 25.6. The van der Waals surface area contributed by atoms with Crippen LogP contribution in [0.3, 0.4) is 0 Å². The van der Waals surface area contributed by atoms with Crippen molar-refractivity contribution in [2.24, 2.45) is 0 Å². The van der Waals surface area contributed by atoms with Crippen molar-refractivity contribution in [1.29, 1.82) is 0 Å². The number of rotatable bonds is 36. The zero-order chi connectivity index (χ0) is 39.1. The van der Waals surface area contributed by atoms with Crippen molar-refractivity contribution in [3.63, 3.8) is 0 Å². The predicted molar refractivity (Wildman–Crippen MR) is 224 cm³/mol. The van der Waals surface area contributed by atoms with Gasteiger partial charge in [-0.2, -0.15) is 0 Å². The summed E-state index contributed by atoms with van der Waals surface area (Å²) >= 11 is 0. The van der Waals surface area contributed by atoms with Crippen LogP contribution in [0.15, 0.2) is 85.1 Å². The number of carbonyl (C=O) groups is 1. The van der Waals surface area contributed by atoms with Gasteiger partial charge in [0.15, 0.2) is 0 Å². The number of phosphoric acid groups is 1. The highest BCUT2D eigenvalue weighted by Gasteiger charge is 2.26. The van der Waals surface area contributed by atoms with E-state index in [9.17, 15) is 14.3 Å². The normalized spacial score (nSPS) is 14.8. The molecule has 0 rings (SSSR count). The van der Waals surface area contributed by atoms with E-state index in [0.717, 1.165) is 83.5 Å². The number of allylic oxidation sites excluding steroid dienone is 14. The number of quaternary nitrogens is 1. The van der Waals surface area contributed by atoms with Gasteiger partial charge in [0.1, 0.15) is 19.3 Å². The average molecular weight is 763 g/mol. The fourth-order valence-corrected chi connectivity index (χ4v) is 5.57. The second kappa shape index (κ2) is 36.6. The molecule has 0 aromatic heterocycles. The van der Waals surface area contributed by atoms with Gasteiger partial charge in [-0.15, -0.1) is 0 Å². The lowest BCUT2D eigenvalue weighted by Crippen LogP contribution is -2.37. The molecule has 0 saturated heterocycles. The predicted octanol–water partition coefficient (Wildman–Crippen LogP) is 11.7. The third-order valence-corrected chi connectivity index (χ3v) is 8.96. The Hall–Kier alpha value is -2.32. The highest BCUT2D eigenvalue weighted by molar-refractivity contribution is 7.47. The van der Waals surface area contributed by atoms with Crippen LogP contribution in [0.1, 0.15) is 129 Å². The van der Waals surface area contributed by atoms with E-state index < -0.39 is 13.9 Å². The maximum atomic E-state index is 12.6. The summed E-state index contributed by atoms with van der Waals surface area (Å²) in [5.41, 5.74) is 0. The molecule has 2 unspecified atom stereocenters. The van der Waals surface area contributed by atoms with Gasteiger partial charge in [0.05, 0.1) is 34.4 Å². The molecule has 2 atom stereocenters. The van der Waals surface area contributed by atoms with Crippen molar-refractivity contribution in [3.05, 3.63) is 85.1 Å². The SMILES string of the molecule is CC/C=C\C/C=C\C/C=C\C/C=C\C/C=C\C/C=C\C/C=C\CCCCCC(=O)OC(COCCCCCCCC)COP(=O)(O)OCC[N+](C)(C)C. The second-order valence-corrected chi connectivity index (χ2v) is 15.7. The maximum absolute atomic E-state index is 12.6. The Balaban J connectivity index is 4.20. The second-order valence-electron chi connectivity index (χ2n) is 14.3. The summed E-state index contributed by atoms with van der Waals surface area (Å²) in [6.07, 6.45) is 47.8. The molecule has 0 aliphatic heterocycles. The smallest absolute Gasteiger partial charge is 0.457 e. The number of unbranched alkanes of at least 4 members (excludes halogenated alkanes) is 8. The summed E-state index contributed by atoms with van der Waals surface area (Å²) in [4.78, 5) is 22.7. The standard InChI is InChI=1S/C44H76NO7P/c1-6-8-10-12-14-15-16-17-18-19-20-21-22-23-24-25-26-27-28-29-30-31-32-33-35-37-44(46)52-43(41-49-39-36-34-13-11-9-7-2)42-51-53(47,48)50-40-38-45(3,4)5/h8,10,14-15,17-18,20-21,23-24,26-27,29-30,43H,6-7,9,11-13,16,19,22,25,28,31-42H2,1-5H3/p+1/b10-8-,15-14-,18-17-,21-20-,24-23-,27-26-,30-29-. The van der Waals surface area contributed by atoms with Crippen LogP contribution in [0.5, 0.6) is 0 Å². The molecule has 1 N–H and O–H groups in total. The van der Waals surface area contributed by atoms with Crippen molar-refractivity contribution in [2.45, 2.75) is 136 Å². The molecule has 0 aliphatic carbocycles. The first kappa shape index (κ1) is 50.7. The quantitative estimate of drug-likeness (QED) is 0.0223. The van der Waals surface area contributed by atoms with Gasteiger partial charge in [0.25, 0.3) is 0 Å². The van der Waals surface area contributed by atoms with Gasteiger partial charge in [-0.1, -0.05) is 137 Å². The first-order valence-corrected chi connectivity index (χ1v) is 21.8. The molecule has 0 aromatic rings. The van der Waals surface area contributed by atoms with Crippen LogP contribution in [0.4, 0.5) is 0 Å². The van der Waals surface area contributed by atoms with Crippen LogP contribution in [0, 0.1) is 0 Å². The van der Waals surface area contributed by atoms with Crippen molar-refractivity contribution in [2.75, 3.05) is 54.1 Å². The van der Waals surface area contributed by atoms with Crippen LogP contribution in [0.2, 0.25) is 0 Å². The molecular weight excluding hydrogens is 685 g/mol. The van der Waals surface area contributed by atoms with Crippen LogP contribution >= 0.6 is 7.82 Å². The molecule has 0 bridgehead atoms. The van der Waals surface area contributed by atoms with Crippen LogP contribution in [0.25, 0.3) is 0 Å². The van der Waals surface area contributed by atoms with Crippen LogP contribution < -0.4 is 0 Å². The molecule has 0 heterocycles. The summed E-state index contributed by atoms with van der Waals surface area (Å²) < 4.78 is 34.6. The van der Waals surface area contributed by atoms with E-state index in [1.807, 2.05) is 21.1 Å². The van der Waals surface area contributed by atoms with Crippen molar-refractivity contribution in [1.82, 2.24) is 0 Å². The lowest BCUT2D eigenvalue weighted by Gasteiger charge is -2.24. The van der Waals surface area contributed by atoms with Gasteiger partial charge in [0, 0.05) is 13.0 Å². The largest absolute Gasteiger partial charge is 0.472 e. The zero-order valence-corrected chi connectivity index (χ0v) is 35.1. The molecule has 0 saturated carbocycles. The number of ether oxygens (including phenoxy) is 2. The van der Waals surface area contributed by atoms with Crippen LogP contribution in [-0.2, 0) is 27.9 Å². The molecule has 9 heteroatoms. The van der Waals surface area contributed by atoms with Crippen molar-refractivity contribution >= 4 is 13.8 Å². The molecule has 0 aromatic carbocycles. The molecule has 0 spiro atoms. The van der Waals surface area contributed by atoms with E-state index in [0.29, 0.717) is 17.6 Å². The molecule has 0 amide bonds. The summed E-state index contributed by atoms with van der Waals surface area (Å²) in [6, 6.07) is 0. The first-order valence-electron chi connectivity index (χ1n) is 20.3. The number of hydrogen-bond donors (Lipinski definition) is 1. The van der Waals surface area contributed by atoms with Gasteiger partial charge < -0.3 is 18.9 Å².